The molecule has 1 atom stereocenters. The lowest BCUT2D eigenvalue weighted by atomic mass is 9.84. The largest absolute Gasteiger partial charge is 0.326 e. The summed E-state index contributed by atoms with van der Waals surface area (Å²) in [5, 5.41) is 6.40. The molecule has 3 rings (SSSR count). The standard InChI is InChI=1S/C18H24N4O.2ClH/c1-14(15-5-7-19-8-6-15)11-18(23)21-16-3-2-4-17(12-16)22-10-9-20-13-22;;/h2-4,9-10,12-15,19H,5-8,11H2,1H3,(H,21,23);2*1H. The second kappa shape index (κ2) is 10.4. The van der Waals surface area contributed by atoms with Crippen LogP contribution in [0.5, 0.6) is 0 Å². The lowest BCUT2D eigenvalue weighted by molar-refractivity contribution is -0.117. The van der Waals surface area contributed by atoms with Gasteiger partial charge < -0.3 is 15.2 Å². The summed E-state index contributed by atoms with van der Waals surface area (Å²) in [5.74, 6) is 1.17. The number of benzene rings is 1. The molecule has 2 heterocycles. The topological polar surface area (TPSA) is 59.0 Å². The number of piperidine rings is 1. The molecule has 2 N–H and O–H groups in total. The van der Waals surface area contributed by atoms with Crippen molar-refractivity contribution in [1.29, 1.82) is 0 Å². The number of hydrogen-bond donors (Lipinski definition) is 2. The third-order valence-corrected chi connectivity index (χ3v) is 4.63. The summed E-state index contributed by atoms with van der Waals surface area (Å²) >= 11 is 0. The van der Waals surface area contributed by atoms with E-state index >= 15 is 0 Å². The van der Waals surface area contributed by atoms with Crippen LogP contribution in [0.1, 0.15) is 26.2 Å². The molecule has 0 spiro atoms. The Morgan fingerprint density at radius 2 is 2.12 bits per heavy atom. The van der Waals surface area contributed by atoms with Gasteiger partial charge in [-0.3, -0.25) is 4.79 Å². The Labute approximate surface area is 161 Å². The lowest BCUT2D eigenvalue weighted by Gasteiger charge is -2.27. The zero-order valence-corrected chi connectivity index (χ0v) is 16.0. The molecule has 1 aromatic carbocycles. The van der Waals surface area contributed by atoms with Gasteiger partial charge in [0.25, 0.3) is 0 Å². The summed E-state index contributed by atoms with van der Waals surface area (Å²) in [4.78, 5) is 16.4. The number of aromatic nitrogens is 2. The highest BCUT2D eigenvalue weighted by atomic mass is 35.5. The van der Waals surface area contributed by atoms with Gasteiger partial charge >= 0.3 is 0 Å². The third-order valence-electron chi connectivity index (χ3n) is 4.63. The summed E-state index contributed by atoms with van der Waals surface area (Å²) in [6.45, 7) is 4.34. The van der Waals surface area contributed by atoms with E-state index in [0.717, 1.165) is 24.5 Å². The fourth-order valence-corrected chi connectivity index (χ4v) is 3.24. The number of nitrogens with zero attached hydrogens (tertiary/aromatic N) is 2. The smallest absolute Gasteiger partial charge is 0.224 e. The molecule has 1 aromatic heterocycles. The quantitative estimate of drug-likeness (QED) is 0.826. The molecule has 1 fully saturated rings. The first-order valence-electron chi connectivity index (χ1n) is 8.31. The third kappa shape index (κ3) is 6.03. The molecule has 1 amide bonds. The molecule has 0 radical (unpaired) electrons. The van der Waals surface area contributed by atoms with E-state index in [2.05, 4.69) is 22.5 Å². The van der Waals surface area contributed by atoms with Crippen LogP contribution in [-0.4, -0.2) is 28.5 Å². The van der Waals surface area contributed by atoms with Gasteiger partial charge in [0, 0.05) is 30.2 Å². The van der Waals surface area contributed by atoms with Crippen molar-refractivity contribution < 1.29 is 4.79 Å². The van der Waals surface area contributed by atoms with E-state index < -0.39 is 0 Å². The van der Waals surface area contributed by atoms with Crippen LogP contribution in [0.3, 0.4) is 0 Å². The Hall–Kier alpha value is -1.56. The van der Waals surface area contributed by atoms with Crippen LogP contribution < -0.4 is 10.6 Å². The molecule has 1 aliphatic heterocycles. The van der Waals surface area contributed by atoms with E-state index in [-0.39, 0.29) is 30.7 Å². The van der Waals surface area contributed by atoms with Crippen molar-refractivity contribution in [3.8, 4) is 5.69 Å². The number of anilines is 1. The molecule has 2 aromatic rings. The minimum atomic E-state index is 0. The highest BCUT2D eigenvalue weighted by Crippen LogP contribution is 2.25. The van der Waals surface area contributed by atoms with Crippen LogP contribution in [0.25, 0.3) is 5.69 Å². The van der Waals surface area contributed by atoms with E-state index in [0.29, 0.717) is 18.3 Å². The van der Waals surface area contributed by atoms with E-state index in [9.17, 15) is 4.79 Å². The Morgan fingerprint density at radius 3 is 2.80 bits per heavy atom. The van der Waals surface area contributed by atoms with Crippen LogP contribution in [0, 0.1) is 11.8 Å². The summed E-state index contributed by atoms with van der Waals surface area (Å²) in [7, 11) is 0. The fraction of sp³-hybridized carbons (Fsp3) is 0.444. The number of rotatable bonds is 5. The second-order valence-corrected chi connectivity index (χ2v) is 6.34. The molecule has 1 saturated heterocycles. The van der Waals surface area contributed by atoms with Gasteiger partial charge in [0.1, 0.15) is 0 Å². The Morgan fingerprint density at radius 1 is 1.36 bits per heavy atom. The SMILES string of the molecule is CC(CC(=O)Nc1cccc(-n2ccnc2)c1)C1CCNCC1.Cl.Cl. The van der Waals surface area contributed by atoms with Gasteiger partial charge in [-0.15, -0.1) is 24.8 Å². The van der Waals surface area contributed by atoms with Crippen LogP contribution in [0.4, 0.5) is 5.69 Å². The first-order chi connectivity index (χ1) is 11.2. The van der Waals surface area contributed by atoms with Gasteiger partial charge in [-0.1, -0.05) is 13.0 Å². The summed E-state index contributed by atoms with van der Waals surface area (Å²) in [6.07, 6.45) is 8.31. The van der Waals surface area contributed by atoms with Crippen molar-refractivity contribution in [3.63, 3.8) is 0 Å². The summed E-state index contributed by atoms with van der Waals surface area (Å²) in [5.41, 5.74) is 1.82. The van der Waals surface area contributed by atoms with Gasteiger partial charge in [0.05, 0.1) is 6.33 Å². The monoisotopic (exact) mass is 384 g/mol. The van der Waals surface area contributed by atoms with Crippen molar-refractivity contribution in [3.05, 3.63) is 43.0 Å². The molecule has 5 nitrogen and oxygen atoms in total. The number of carbonyl (C=O) groups excluding carboxylic acids is 1. The van der Waals surface area contributed by atoms with E-state index in [1.165, 1.54) is 12.8 Å². The minimum Gasteiger partial charge on any atom is -0.326 e. The summed E-state index contributed by atoms with van der Waals surface area (Å²) in [6, 6.07) is 7.83. The molecular weight excluding hydrogens is 359 g/mol. The Bertz CT molecular complexity index is 642. The maximum absolute atomic E-state index is 12.3. The first kappa shape index (κ1) is 21.5. The highest BCUT2D eigenvalue weighted by molar-refractivity contribution is 5.91. The maximum Gasteiger partial charge on any atom is 0.224 e. The van der Waals surface area contributed by atoms with E-state index in [4.69, 9.17) is 0 Å². The Balaban J connectivity index is 0.00000156. The number of nitrogens with one attached hydrogen (secondary N) is 2. The molecule has 0 bridgehead atoms. The zero-order chi connectivity index (χ0) is 16.1. The van der Waals surface area contributed by atoms with Crippen molar-refractivity contribution in [2.24, 2.45) is 11.8 Å². The molecule has 25 heavy (non-hydrogen) atoms. The van der Waals surface area contributed by atoms with Crippen LogP contribution in [0.2, 0.25) is 0 Å². The van der Waals surface area contributed by atoms with Crippen LogP contribution in [-0.2, 0) is 4.79 Å². The van der Waals surface area contributed by atoms with Crippen molar-refractivity contribution in [2.45, 2.75) is 26.2 Å². The van der Waals surface area contributed by atoms with Gasteiger partial charge in [0.2, 0.25) is 5.91 Å². The number of imidazole rings is 1. The first-order valence-corrected chi connectivity index (χ1v) is 8.31. The second-order valence-electron chi connectivity index (χ2n) is 6.34. The zero-order valence-electron chi connectivity index (χ0n) is 14.4. The molecule has 7 heteroatoms. The average molecular weight is 385 g/mol. The molecule has 0 aliphatic carbocycles. The maximum atomic E-state index is 12.3. The molecular formula is C18H26Cl2N4O. The Kier molecular flexibility index (Phi) is 8.97. The van der Waals surface area contributed by atoms with Crippen molar-refractivity contribution in [1.82, 2.24) is 14.9 Å². The molecule has 138 valence electrons. The number of carbonyl (C=O) groups is 1. The predicted molar refractivity (Wildman–Crippen MR) is 106 cm³/mol. The van der Waals surface area contributed by atoms with E-state index in [1.54, 1.807) is 12.5 Å². The number of halogens is 2. The fourth-order valence-electron chi connectivity index (χ4n) is 3.24. The normalized spacial score (nSPS) is 15.6. The lowest BCUT2D eigenvalue weighted by Crippen LogP contribution is -2.32. The highest BCUT2D eigenvalue weighted by Gasteiger charge is 2.22. The molecule has 1 unspecified atom stereocenters. The van der Waals surface area contributed by atoms with Gasteiger partial charge in [-0.25, -0.2) is 4.98 Å². The van der Waals surface area contributed by atoms with Gasteiger partial charge in [-0.2, -0.15) is 0 Å². The average Bonchev–Trinajstić information content (AvgIpc) is 3.10. The molecule has 0 saturated carbocycles. The number of amides is 1. The number of hydrogen-bond acceptors (Lipinski definition) is 3. The van der Waals surface area contributed by atoms with Crippen molar-refractivity contribution >= 4 is 36.4 Å². The van der Waals surface area contributed by atoms with Crippen molar-refractivity contribution in [2.75, 3.05) is 18.4 Å². The van der Waals surface area contributed by atoms with Crippen LogP contribution >= 0.6 is 24.8 Å². The van der Waals surface area contributed by atoms with Gasteiger partial charge in [-0.05, 0) is 56.0 Å². The van der Waals surface area contributed by atoms with Gasteiger partial charge in [0.15, 0.2) is 0 Å². The van der Waals surface area contributed by atoms with Crippen LogP contribution in [0.15, 0.2) is 43.0 Å². The minimum absolute atomic E-state index is 0. The predicted octanol–water partition coefficient (Wildman–Crippen LogP) is 3.68. The van der Waals surface area contributed by atoms with E-state index in [1.807, 2.05) is 35.0 Å². The molecule has 1 aliphatic rings. The summed E-state index contributed by atoms with van der Waals surface area (Å²) < 4.78 is 1.92.